The molecule has 0 aliphatic heterocycles. The summed E-state index contributed by atoms with van der Waals surface area (Å²) in [6.45, 7) is 7.64. The van der Waals surface area contributed by atoms with Crippen LogP contribution in [-0.4, -0.2) is 9.97 Å². The van der Waals surface area contributed by atoms with Crippen molar-refractivity contribution in [3.05, 3.63) is 60.3 Å². The Morgan fingerprint density at radius 1 is 0.667 bits per heavy atom. The van der Waals surface area contributed by atoms with Gasteiger partial charge < -0.3 is 8.83 Å². The van der Waals surface area contributed by atoms with Crippen LogP contribution in [0.2, 0.25) is 0 Å². The SMILES string of the molecule is C.CC.Cc1nc2cc3nc(C)oc3cc2o1.[Ar].c1ccccc1. The molecule has 0 N–H and O–H groups in total. The molecular weight excluding hydrogens is 328 g/mol. The molecule has 0 fully saturated rings. The zero-order valence-electron chi connectivity index (χ0n) is 13.7. The maximum absolute atomic E-state index is 5.39. The zero-order valence-corrected chi connectivity index (χ0v) is 14.4. The van der Waals surface area contributed by atoms with Crippen molar-refractivity contribution in [2.24, 2.45) is 0 Å². The van der Waals surface area contributed by atoms with Crippen LogP contribution in [0.25, 0.3) is 22.2 Å². The summed E-state index contributed by atoms with van der Waals surface area (Å²) in [7, 11) is 0. The summed E-state index contributed by atoms with van der Waals surface area (Å²) in [6.07, 6.45) is 0. The molecule has 0 aliphatic rings. The third kappa shape index (κ3) is 5.93. The molecule has 0 spiro atoms. The largest absolute Gasteiger partial charge is 0.441 e. The van der Waals surface area contributed by atoms with E-state index in [0.717, 1.165) is 22.2 Å². The van der Waals surface area contributed by atoms with Gasteiger partial charge in [0.15, 0.2) is 22.9 Å². The fraction of sp³-hybridized carbons (Fsp3) is 0.263. The van der Waals surface area contributed by atoms with E-state index >= 15 is 0 Å². The van der Waals surface area contributed by atoms with E-state index in [1.165, 1.54) is 0 Å². The Balaban J connectivity index is 0.000000455. The van der Waals surface area contributed by atoms with Gasteiger partial charge in [0.05, 0.1) is 0 Å². The molecule has 0 radical (unpaired) electrons. The molecular formula is C19H24ArN2O2. The summed E-state index contributed by atoms with van der Waals surface area (Å²) in [5, 5.41) is 0. The first kappa shape index (κ1) is 22.6. The first-order valence-corrected chi connectivity index (χ1v) is 7.37. The van der Waals surface area contributed by atoms with Crippen molar-refractivity contribution in [3.8, 4) is 0 Å². The van der Waals surface area contributed by atoms with Gasteiger partial charge in [0.25, 0.3) is 0 Å². The van der Waals surface area contributed by atoms with Gasteiger partial charge in [-0.25, -0.2) is 9.97 Å². The van der Waals surface area contributed by atoms with Gasteiger partial charge in [-0.2, -0.15) is 0 Å². The number of aromatic nitrogens is 2. The van der Waals surface area contributed by atoms with Crippen LogP contribution < -0.4 is 0 Å². The molecule has 4 aromatic rings. The van der Waals surface area contributed by atoms with Crippen LogP contribution >= 0.6 is 0 Å². The van der Waals surface area contributed by atoms with E-state index in [0.29, 0.717) is 11.8 Å². The molecule has 0 saturated heterocycles. The van der Waals surface area contributed by atoms with Gasteiger partial charge in [-0.15, -0.1) is 0 Å². The van der Waals surface area contributed by atoms with E-state index in [-0.39, 0.29) is 45.2 Å². The third-order valence-electron chi connectivity index (χ3n) is 2.78. The van der Waals surface area contributed by atoms with Crippen molar-refractivity contribution < 1.29 is 46.6 Å². The molecule has 0 amide bonds. The van der Waals surface area contributed by atoms with Crippen molar-refractivity contribution in [2.75, 3.05) is 0 Å². The second kappa shape index (κ2) is 11.2. The van der Waals surface area contributed by atoms with Gasteiger partial charge in [0, 0.05) is 57.7 Å². The van der Waals surface area contributed by atoms with E-state index < -0.39 is 0 Å². The standard InChI is InChI=1S/C10H8N2O2.C6H6.C2H6.CH4.Ar/c1-5-11-7-3-8-10(4-9(7)13-5)14-6(2)12-8;1-2-4-6-5-3-1;1-2;;/h3-4H,1-2H3;1-6H;1-2H3;1H4;. The molecule has 0 unspecified atom stereocenters. The van der Waals surface area contributed by atoms with E-state index in [2.05, 4.69) is 9.97 Å². The molecule has 24 heavy (non-hydrogen) atoms. The molecule has 0 aliphatic carbocycles. The van der Waals surface area contributed by atoms with Crippen molar-refractivity contribution in [1.29, 1.82) is 0 Å². The zero-order chi connectivity index (χ0) is 15.9. The van der Waals surface area contributed by atoms with Crippen molar-refractivity contribution in [2.45, 2.75) is 35.1 Å². The van der Waals surface area contributed by atoms with Crippen LogP contribution in [0.5, 0.6) is 0 Å². The van der Waals surface area contributed by atoms with Gasteiger partial charge in [-0.05, 0) is 6.07 Å². The summed E-state index contributed by atoms with van der Waals surface area (Å²) >= 11 is 0. The van der Waals surface area contributed by atoms with Gasteiger partial charge in [0.1, 0.15) is 11.0 Å². The van der Waals surface area contributed by atoms with E-state index in [1.54, 1.807) is 0 Å². The van der Waals surface area contributed by atoms with Gasteiger partial charge >= 0.3 is 0 Å². The topological polar surface area (TPSA) is 52.1 Å². The Morgan fingerprint density at radius 3 is 1.33 bits per heavy atom. The monoisotopic (exact) mass is 352 g/mol. The van der Waals surface area contributed by atoms with Crippen LogP contribution in [0.3, 0.4) is 0 Å². The second-order valence-corrected chi connectivity index (χ2v) is 4.41. The molecule has 4 rings (SSSR count). The molecule has 0 bridgehead atoms. The summed E-state index contributed by atoms with van der Waals surface area (Å²) in [5.74, 6) is 1.31. The van der Waals surface area contributed by atoms with Gasteiger partial charge in [-0.3, -0.25) is 0 Å². The van der Waals surface area contributed by atoms with Crippen molar-refractivity contribution in [3.63, 3.8) is 0 Å². The molecule has 130 valence electrons. The van der Waals surface area contributed by atoms with E-state index in [9.17, 15) is 0 Å². The van der Waals surface area contributed by atoms with Crippen LogP contribution in [0.4, 0.5) is 0 Å². The Labute approximate surface area is 173 Å². The van der Waals surface area contributed by atoms with E-state index in [4.69, 9.17) is 8.83 Å². The van der Waals surface area contributed by atoms with Crippen LogP contribution in [0.15, 0.2) is 57.4 Å². The molecule has 2 aromatic heterocycles. The second-order valence-electron chi connectivity index (χ2n) is 4.41. The van der Waals surface area contributed by atoms with Crippen molar-refractivity contribution in [1.82, 2.24) is 9.97 Å². The molecule has 2 heterocycles. The number of hydrogen-bond acceptors (Lipinski definition) is 4. The number of hydrogen-bond donors (Lipinski definition) is 0. The average molecular weight is 352 g/mol. The maximum Gasteiger partial charge on any atom is 0.192 e. The maximum atomic E-state index is 5.39. The average Bonchev–Trinajstić information content (AvgIpc) is 3.08. The Hall–Kier alpha value is -1.36. The molecule has 2 aromatic carbocycles. The number of nitrogens with zero attached hydrogens (tertiary/aromatic N) is 2. The van der Waals surface area contributed by atoms with Gasteiger partial charge in [0.2, 0.25) is 0 Å². The minimum Gasteiger partial charge on any atom is -0.441 e. The summed E-state index contributed by atoms with van der Waals surface area (Å²) in [6, 6.07) is 15.7. The normalized spacial score (nSPS) is 9.00. The predicted octanol–water partition coefficient (Wildman–Crippen LogP) is 5.93. The third-order valence-corrected chi connectivity index (χ3v) is 2.78. The van der Waals surface area contributed by atoms with E-state index in [1.807, 2.05) is 76.2 Å². The minimum absolute atomic E-state index is 0. The van der Waals surface area contributed by atoms with Crippen LogP contribution in [-0.2, 0) is 0 Å². The predicted molar refractivity (Wildman–Crippen MR) is 95.6 cm³/mol. The minimum atomic E-state index is 0. The summed E-state index contributed by atoms with van der Waals surface area (Å²) < 4.78 is 10.8. The number of oxazole rings is 2. The molecule has 0 atom stereocenters. The summed E-state index contributed by atoms with van der Waals surface area (Å²) in [4.78, 5) is 8.45. The summed E-state index contributed by atoms with van der Waals surface area (Å²) in [5.41, 5.74) is 3.13. The molecule has 0 saturated carbocycles. The van der Waals surface area contributed by atoms with Gasteiger partial charge in [-0.1, -0.05) is 57.7 Å². The quantitative estimate of drug-likeness (QED) is 0.393. The fourth-order valence-electron chi connectivity index (χ4n) is 1.97. The number of benzene rings is 2. The fourth-order valence-corrected chi connectivity index (χ4v) is 1.97. The van der Waals surface area contributed by atoms with Crippen LogP contribution in [0, 0.1) is 51.6 Å². The number of fused-ring (bicyclic) bond motifs is 2. The molecule has 4 nitrogen and oxygen atoms in total. The smallest absolute Gasteiger partial charge is 0.192 e. The Kier molecular flexibility index (Phi) is 10.6. The molecule has 5 heteroatoms. The first-order chi connectivity index (χ1) is 10.7. The number of aryl methyl sites for hydroxylation is 2. The Bertz CT molecular complexity index is 709. The Morgan fingerprint density at radius 2 is 1.00 bits per heavy atom. The number of rotatable bonds is 0. The first-order valence-electron chi connectivity index (χ1n) is 7.37. The van der Waals surface area contributed by atoms with Crippen LogP contribution in [0.1, 0.15) is 33.1 Å². The van der Waals surface area contributed by atoms with Crippen molar-refractivity contribution >= 4 is 22.2 Å².